The summed E-state index contributed by atoms with van der Waals surface area (Å²) in [5.41, 5.74) is 6.33. The van der Waals surface area contributed by atoms with Crippen molar-refractivity contribution in [3.8, 4) is 0 Å². The van der Waals surface area contributed by atoms with Crippen molar-refractivity contribution >= 4 is 35.2 Å². The molecule has 0 radical (unpaired) electrons. The lowest BCUT2D eigenvalue weighted by molar-refractivity contribution is -0.121. The number of thioether (sulfide) groups is 1. The molecule has 2 amide bonds. The highest BCUT2D eigenvalue weighted by atomic mass is 32.2. The van der Waals surface area contributed by atoms with Gasteiger partial charge in [0, 0.05) is 18.7 Å². The van der Waals surface area contributed by atoms with Crippen LogP contribution in [0.25, 0.3) is 0 Å². The van der Waals surface area contributed by atoms with E-state index in [0.717, 1.165) is 12.8 Å². The summed E-state index contributed by atoms with van der Waals surface area (Å²) >= 11 is 1.40. The Morgan fingerprint density at radius 2 is 2.04 bits per heavy atom. The maximum atomic E-state index is 12.4. The van der Waals surface area contributed by atoms with Gasteiger partial charge in [-0.2, -0.15) is 0 Å². The molecule has 2 rings (SSSR count). The van der Waals surface area contributed by atoms with Gasteiger partial charge in [0.15, 0.2) is 0 Å². The van der Waals surface area contributed by atoms with Gasteiger partial charge >= 0.3 is 5.97 Å². The molecular weight excluding hydrogens is 328 g/mol. The Morgan fingerprint density at radius 1 is 1.33 bits per heavy atom. The maximum absolute atomic E-state index is 12.4. The number of ether oxygens (including phenoxy) is 1. The molecule has 24 heavy (non-hydrogen) atoms. The fourth-order valence-corrected chi connectivity index (χ4v) is 3.28. The number of rotatable bonds is 8. The van der Waals surface area contributed by atoms with Gasteiger partial charge < -0.3 is 10.5 Å². The molecule has 2 N–H and O–H groups in total. The first-order valence-corrected chi connectivity index (χ1v) is 9.09. The third-order valence-electron chi connectivity index (χ3n) is 3.63. The van der Waals surface area contributed by atoms with Gasteiger partial charge in [-0.15, -0.1) is 11.8 Å². The van der Waals surface area contributed by atoms with E-state index >= 15 is 0 Å². The summed E-state index contributed by atoms with van der Waals surface area (Å²) in [5.74, 6) is -0.213. The quantitative estimate of drug-likeness (QED) is 0.438. The molecule has 1 fully saturated rings. The van der Waals surface area contributed by atoms with Gasteiger partial charge in [0.25, 0.3) is 0 Å². The summed E-state index contributed by atoms with van der Waals surface area (Å²) in [6.45, 7) is 2.88. The Bertz CT molecular complexity index is 603. The van der Waals surface area contributed by atoms with E-state index in [9.17, 15) is 14.4 Å². The minimum absolute atomic E-state index is 0.185. The second-order valence-corrected chi connectivity index (χ2v) is 6.77. The largest absolute Gasteiger partial charge is 0.462 e. The Hall–Kier alpha value is -1.86. The number of anilines is 1. The molecule has 1 heterocycles. The summed E-state index contributed by atoms with van der Waals surface area (Å²) < 4.78 is 5.14. The van der Waals surface area contributed by atoms with Crippen LogP contribution in [0.2, 0.25) is 0 Å². The van der Waals surface area contributed by atoms with Crippen LogP contribution in [0, 0.1) is 0 Å². The molecule has 1 aliphatic heterocycles. The van der Waals surface area contributed by atoms with Crippen molar-refractivity contribution < 1.29 is 19.1 Å². The van der Waals surface area contributed by atoms with Crippen molar-refractivity contribution in [2.45, 2.75) is 31.4 Å². The predicted octanol–water partition coefficient (Wildman–Crippen LogP) is 1.97. The lowest BCUT2D eigenvalue weighted by Gasteiger charge is -2.15. The van der Waals surface area contributed by atoms with E-state index in [4.69, 9.17) is 10.5 Å². The number of hydrogen-bond donors (Lipinski definition) is 1. The lowest BCUT2D eigenvalue weighted by atomic mass is 10.2. The highest BCUT2D eigenvalue weighted by Gasteiger charge is 2.39. The summed E-state index contributed by atoms with van der Waals surface area (Å²) in [7, 11) is 0. The van der Waals surface area contributed by atoms with Gasteiger partial charge in [0.1, 0.15) is 0 Å². The van der Waals surface area contributed by atoms with E-state index in [-0.39, 0.29) is 23.5 Å². The average molecular weight is 350 g/mol. The molecule has 0 aliphatic carbocycles. The molecule has 1 aromatic carbocycles. The first kappa shape index (κ1) is 18.5. The Labute approximate surface area is 145 Å². The minimum Gasteiger partial charge on any atom is -0.462 e. The summed E-state index contributed by atoms with van der Waals surface area (Å²) in [4.78, 5) is 37.5. The van der Waals surface area contributed by atoms with E-state index in [0.29, 0.717) is 30.2 Å². The zero-order chi connectivity index (χ0) is 17.5. The molecule has 0 bridgehead atoms. The van der Waals surface area contributed by atoms with Gasteiger partial charge in [-0.1, -0.05) is 13.3 Å². The molecule has 0 saturated carbocycles. The molecule has 1 unspecified atom stereocenters. The number of nitrogens with zero attached hydrogens (tertiary/aromatic N) is 1. The summed E-state index contributed by atoms with van der Waals surface area (Å²) in [6, 6.07) is 6.35. The van der Waals surface area contributed by atoms with Gasteiger partial charge in [0.2, 0.25) is 11.8 Å². The van der Waals surface area contributed by atoms with Crippen LogP contribution in [0.1, 0.15) is 36.5 Å². The third kappa shape index (κ3) is 4.36. The van der Waals surface area contributed by atoms with Crippen molar-refractivity contribution in [1.82, 2.24) is 0 Å². The van der Waals surface area contributed by atoms with E-state index in [1.807, 2.05) is 6.92 Å². The van der Waals surface area contributed by atoms with E-state index in [1.54, 1.807) is 24.3 Å². The summed E-state index contributed by atoms with van der Waals surface area (Å²) in [5, 5.41) is -0.375. The number of carbonyl (C=O) groups excluding carboxylic acids is 3. The van der Waals surface area contributed by atoms with Crippen LogP contribution < -0.4 is 10.6 Å². The van der Waals surface area contributed by atoms with Crippen molar-refractivity contribution in [2.24, 2.45) is 5.73 Å². The Kier molecular flexibility index (Phi) is 6.81. The Balaban J connectivity index is 2.03. The van der Waals surface area contributed by atoms with E-state index < -0.39 is 5.97 Å². The average Bonchev–Trinajstić information content (AvgIpc) is 2.87. The van der Waals surface area contributed by atoms with Crippen LogP contribution in [-0.2, 0) is 14.3 Å². The number of carbonyl (C=O) groups is 3. The fraction of sp³-hybridized carbons (Fsp3) is 0.471. The standard InChI is InChI=1S/C17H22N2O4S/c1-2-3-9-23-17(22)12-4-6-13(7-5-12)19-15(20)11-14(16(19)21)24-10-8-18/h4-7,14H,2-3,8-11,18H2,1H3. The zero-order valence-corrected chi connectivity index (χ0v) is 14.5. The van der Waals surface area contributed by atoms with E-state index in [2.05, 4.69) is 0 Å². The van der Waals surface area contributed by atoms with Crippen LogP contribution in [0.5, 0.6) is 0 Å². The van der Waals surface area contributed by atoms with Gasteiger partial charge in [-0.05, 0) is 30.7 Å². The number of benzene rings is 1. The smallest absolute Gasteiger partial charge is 0.338 e. The molecule has 1 atom stereocenters. The lowest BCUT2D eigenvalue weighted by Crippen LogP contribution is -2.31. The molecule has 0 spiro atoms. The zero-order valence-electron chi connectivity index (χ0n) is 13.7. The topological polar surface area (TPSA) is 89.7 Å². The van der Waals surface area contributed by atoms with Crippen molar-refractivity contribution in [3.05, 3.63) is 29.8 Å². The highest BCUT2D eigenvalue weighted by Crippen LogP contribution is 2.29. The molecule has 1 aliphatic rings. The Morgan fingerprint density at radius 3 is 2.67 bits per heavy atom. The molecular formula is C17H22N2O4S. The number of esters is 1. The van der Waals surface area contributed by atoms with E-state index in [1.165, 1.54) is 16.7 Å². The first-order chi connectivity index (χ1) is 11.6. The second kappa shape index (κ2) is 8.84. The molecule has 130 valence electrons. The monoisotopic (exact) mass is 350 g/mol. The number of hydrogen-bond acceptors (Lipinski definition) is 6. The predicted molar refractivity (Wildman–Crippen MR) is 94.0 cm³/mol. The van der Waals surface area contributed by atoms with Gasteiger partial charge in [-0.3, -0.25) is 9.59 Å². The third-order valence-corrected chi connectivity index (χ3v) is 4.88. The van der Waals surface area contributed by atoms with Gasteiger partial charge in [0.05, 0.1) is 23.1 Å². The normalized spacial score (nSPS) is 17.4. The van der Waals surface area contributed by atoms with Crippen molar-refractivity contribution in [1.29, 1.82) is 0 Å². The number of unbranched alkanes of at least 4 members (excludes halogenated alkanes) is 1. The molecule has 1 aromatic rings. The SMILES string of the molecule is CCCCOC(=O)c1ccc(N2C(=O)CC(SCCN)C2=O)cc1. The number of nitrogens with two attached hydrogens (primary N) is 1. The first-order valence-electron chi connectivity index (χ1n) is 8.04. The maximum Gasteiger partial charge on any atom is 0.338 e. The van der Waals surface area contributed by atoms with Crippen LogP contribution in [-0.4, -0.2) is 41.9 Å². The molecule has 6 nitrogen and oxygen atoms in total. The molecule has 0 aromatic heterocycles. The van der Waals surface area contributed by atoms with Crippen LogP contribution in [0.15, 0.2) is 24.3 Å². The summed E-state index contributed by atoms with van der Waals surface area (Å²) in [6.07, 6.45) is 1.96. The number of amides is 2. The second-order valence-electron chi connectivity index (χ2n) is 5.46. The molecule has 7 heteroatoms. The minimum atomic E-state index is -0.398. The van der Waals surface area contributed by atoms with Gasteiger partial charge in [-0.25, -0.2) is 9.69 Å². The van der Waals surface area contributed by atoms with Crippen LogP contribution in [0.3, 0.4) is 0 Å². The van der Waals surface area contributed by atoms with Crippen molar-refractivity contribution in [3.63, 3.8) is 0 Å². The fourth-order valence-electron chi connectivity index (χ4n) is 2.35. The van der Waals surface area contributed by atoms with Crippen LogP contribution >= 0.6 is 11.8 Å². The van der Waals surface area contributed by atoms with Crippen LogP contribution in [0.4, 0.5) is 5.69 Å². The molecule has 1 saturated heterocycles. The van der Waals surface area contributed by atoms with Crippen molar-refractivity contribution in [2.75, 3.05) is 23.8 Å². The number of imide groups is 1. The highest BCUT2D eigenvalue weighted by molar-refractivity contribution is 8.00.